The van der Waals surface area contributed by atoms with Crippen LogP contribution < -0.4 is 9.47 Å². The van der Waals surface area contributed by atoms with Crippen molar-refractivity contribution in [3.8, 4) is 11.5 Å². The van der Waals surface area contributed by atoms with Crippen molar-refractivity contribution in [1.82, 2.24) is 4.90 Å². The molecule has 1 unspecified atom stereocenters. The number of rotatable bonds is 8. The van der Waals surface area contributed by atoms with Crippen LogP contribution in [0.1, 0.15) is 30.0 Å². The zero-order valence-corrected chi connectivity index (χ0v) is 14.6. The van der Waals surface area contributed by atoms with E-state index in [4.69, 9.17) is 9.47 Å². The summed E-state index contributed by atoms with van der Waals surface area (Å²) in [6, 6.07) is 17.1. The number of methoxy groups -OCH3 is 2. The third-order valence-corrected chi connectivity index (χ3v) is 4.20. The van der Waals surface area contributed by atoms with Gasteiger partial charge in [0.25, 0.3) is 0 Å². The highest BCUT2D eigenvalue weighted by atomic mass is 16.5. The Hall–Kier alpha value is -2.00. The van der Waals surface area contributed by atoms with E-state index < -0.39 is 0 Å². The summed E-state index contributed by atoms with van der Waals surface area (Å²) in [6.45, 7) is 0. The van der Waals surface area contributed by atoms with Gasteiger partial charge in [0, 0.05) is 11.6 Å². The van der Waals surface area contributed by atoms with Crippen molar-refractivity contribution in [3.05, 3.63) is 59.7 Å². The fourth-order valence-corrected chi connectivity index (χ4v) is 3.01. The minimum Gasteiger partial charge on any atom is -0.493 e. The number of benzene rings is 2. The number of aryl methyl sites for hydroxylation is 1. The summed E-state index contributed by atoms with van der Waals surface area (Å²) in [5, 5.41) is 0. The van der Waals surface area contributed by atoms with Gasteiger partial charge in [-0.2, -0.15) is 0 Å². The number of hydrogen-bond acceptors (Lipinski definition) is 3. The number of para-hydroxylation sites is 1. The zero-order valence-electron chi connectivity index (χ0n) is 14.6. The van der Waals surface area contributed by atoms with E-state index in [1.807, 2.05) is 12.1 Å². The second kappa shape index (κ2) is 8.59. The van der Waals surface area contributed by atoms with Gasteiger partial charge in [0.15, 0.2) is 11.5 Å². The van der Waals surface area contributed by atoms with E-state index >= 15 is 0 Å². The Kier molecular flexibility index (Phi) is 6.48. The van der Waals surface area contributed by atoms with Crippen LogP contribution in [-0.4, -0.2) is 33.2 Å². The minimum absolute atomic E-state index is 0.309. The molecule has 0 radical (unpaired) electrons. The summed E-state index contributed by atoms with van der Waals surface area (Å²) in [5.74, 6) is 1.63. The Morgan fingerprint density at radius 2 is 1.65 bits per heavy atom. The average Bonchev–Trinajstić information content (AvgIpc) is 2.58. The van der Waals surface area contributed by atoms with Gasteiger partial charge in [-0.1, -0.05) is 42.5 Å². The zero-order chi connectivity index (χ0) is 16.7. The summed E-state index contributed by atoms with van der Waals surface area (Å²) in [6.07, 6.45) is 3.30. The summed E-state index contributed by atoms with van der Waals surface area (Å²) in [7, 11) is 7.62. The van der Waals surface area contributed by atoms with Crippen molar-refractivity contribution in [3.63, 3.8) is 0 Å². The third-order valence-electron chi connectivity index (χ3n) is 4.20. The molecule has 2 aromatic carbocycles. The topological polar surface area (TPSA) is 21.7 Å². The molecule has 3 nitrogen and oxygen atoms in total. The number of nitrogens with zero attached hydrogens (tertiary/aromatic N) is 1. The summed E-state index contributed by atoms with van der Waals surface area (Å²) >= 11 is 0. The van der Waals surface area contributed by atoms with Crippen LogP contribution in [0.2, 0.25) is 0 Å². The van der Waals surface area contributed by atoms with E-state index in [-0.39, 0.29) is 0 Å². The van der Waals surface area contributed by atoms with E-state index in [1.165, 1.54) is 11.1 Å². The van der Waals surface area contributed by atoms with Crippen LogP contribution in [0.3, 0.4) is 0 Å². The fraction of sp³-hybridized carbons (Fsp3) is 0.400. The van der Waals surface area contributed by atoms with Crippen LogP contribution in [0.4, 0.5) is 0 Å². The smallest absolute Gasteiger partial charge is 0.165 e. The normalized spacial score (nSPS) is 12.2. The van der Waals surface area contributed by atoms with Gasteiger partial charge in [0.05, 0.1) is 14.2 Å². The molecule has 0 fully saturated rings. The van der Waals surface area contributed by atoms with Gasteiger partial charge in [0.2, 0.25) is 0 Å². The lowest BCUT2D eigenvalue weighted by molar-refractivity contribution is 0.266. The van der Waals surface area contributed by atoms with Crippen molar-refractivity contribution < 1.29 is 9.47 Å². The summed E-state index contributed by atoms with van der Waals surface area (Å²) in [4.78, 5) is 2.25. The van der Waals surface area contributed by atoms with E-state index in [0.29, 0.717) is 6.04 Å². The van der Waals surface area contributed by atoms with Crippen molar-refractivity contribution in [1.29, 1.82) is 0 Å². The summed E-state index contributed by atoms with van der Waals surface area (Å²) < 4.78 is 11.0. The molecule has 0 saturated heterocycles. The molecule has 124 valence electrons. The van der Waals surface area contributed by atoms with Gasteiger partial charge < -0.3 is 14.4 Å². The second-order valence-corrected chi connectivity index (χ2v) is 5.94. The lowest BCUT2D eigenvalue weighted by atomic mass is 9.97. The van der Waals surface area contributed by atoms with Crippen LogP contribution in [0.5, 0.6) is 11.5 Å². The lowest BCUT2D eigenvalue weighted by Crippen LogP contribution is -2.21. The molecule has 23 heavy (non-hydrogen) atoms. The first-order chi connectivity index (χ1) is 11.2. The highest BCUT2D eigenvalue weighted by Crippen LogP contribution is 2.38. The van der Waals surface area contributed by atoms with Crippen molar-refractivity contribution in [2.45, 2.75) is 25.3 Å². The molecule has 0 heterocycles. The van der Waals surface area contributed by atoms with Crippen LogP contribution in [-0.2, 0) is 6.42 Å². The first kappa shape index (κ1) is 17.4. The SMILES string of the molecule is COc1cccc(C(CCCc2ccccc2)N(C)C)c1OC. The minimum atomic E-state index is 0.309. The Morgan fingerprint density at radius 3 is 2.26 bits per heavy atom. The molecular formula is C20H27NO2. The van der Waals surface area contributed by atoms with E-state index in [9.17, 15) is 0 Å². The molecule has 0 bridgehead atoms. The molecule has 0 N–H and O–H groups in total. The first-order valence-corrected chi connectivity index (χ1v) is 8.08. The van der Waals surface area contributed by atoms with Gasteiger partial charge in [-0.25, -0.2) is 0 Å². The Balaban J connectivity index is 2.12. The van der Waals surface area contributed by atoms with Crippen molar-refractivity contribution in [2.24, 2.45) is 0 Å². The van der Waals surface area contributed by atoms with Gasteiger partial charge in [-0.15, -0.1) is 0 Å². The van der Waals surface area contributed by atoms with Gasteiger partial charge in [-0.05, 0) is 45.0 Å². The van der Waals surface area contributed by atoms with Crippen LogP contribution in [0, 0.1) is 0 Å². The Labute approximate surface area is 139 Å². The largest absolute Gasteiger partial charge is 0.493 e. The van der Waals surface area contributed by atoms with E-state index in [2.05, 4.69) is 55.4 Å². The second-order valence-electron chi connectivity index (χ2n) is 5.94. The van der Waals surface area contributed by atoms with E-state index in [0.717, 1.165) is 30.8 Å². The van der Waals surface area contributed by atoms with E-state index in [1.54, 1.807) is 14.2 Å². The predicted molar refractivity (Wildman–Crippen MR) is 95.4 cm³/mol. The predicted octanol–water partition coefficient (Wildman–Crippen LogP) is 4.33. The molecule has 1 atom stereocenters. The molecule has 0 aliphatic carbocycles. The quantitative estimate of drug-likeness (QED) is 0.724. The van der Waals surface area contributed by atoms with Crippen LogP contribution >= 0.6 is 0 Å². The Morgan fingerprint density at radius 1 is 0.913 bits per heavy atom. The molecular weight excluding hydrogens is 286 g/mol. The molecule has 3 heteroatoms. The van der Waals surface area contributed by atoms with Gasteiger partial charge in [0.1, 0.15) is 0 Å². The monoisotopic (exact) mass is 313 g/mol. The van der Waals surface area contributed by atoms with Crippen LogP contribution in [0.15, 0.2) is 48.5 Å². The highest BCUT2D eigenvalue weighted by molar-refractivity contribution is 5.48. The summed E-state index contributed by atoms with van der Waals surface area (Å²) in [5.41, 5.74) is 2.58. The van der Waals surface area contributed by atoms with Crippen molar-refractivity contribution >= 4 is 0 Å². The molecule has 0 spiro atoms. The first-order valence-electron chi connectivity index (χ1n) is 8.08. The highest BCUT2D eigenvalue weighted by Gasteiger charge is 2.20. The number of hydrogen-bond donors (Lipinski definition) is 0. The lowest BCUT2D eigenvalue weighted by Gasteiger charge is -2.27. The maximum atomic E-state index is 5.61. The number of ether oxygens (including phenoxy) is 2. The maximum absolute atomic E-state index is 5.61. The maximum Gasteiger partial charge on any atom is 0.165 e. The Bertz CT molecular complexity index is 596. The molecule has 2 rings (SSSR count). The fourth-order valence-electron chi connectivity index (χ4n) is 3.01. The molecule has 0 saturated carbocycles. The molecule has 0 aliphatic rings. The third kappa shape index (κ3) is 4.49. The average molecular weight is 313 g/mol. The van der Waals surface area contributed by atoms with Gasteiger partial charge in [-0.3, -0.25) is 0 Å². The molecule has 0 aliphatic heterocycles. The standard InChI is InChI=1S/C20H27NO2/c1-21(2)18(14-8-12-16-10-6-5-7-11-16)17-13-9-15-19(22-3)20(17)23-4/h5-7,9-11,13,15,18H,8,12,14H2,1-4H3. The molecule has 0 amide bonds. The molecule has 0 aromatic heterocycles. The van der Waals surface area contributed by atoms with Crippen LogP contribution in [0.25, 0.3) is 0 Å². The molecule has 2 aromatic rings. The van der Waals surface area contributed by atoms with Gasteiger partial charge >= 0.3 is 0 Å². The van der Waals surface area contributed by atoms with Crippen molar-refractivity contribution in [2.75, 3.05) is 28.3 Å².